The van der Waals surface area contributed by atoms with Crippen molar-refractivity contribution < 1.29 is 14.5 Å². The highest BCUT2D eigenvalue weighted by molar-refractivity contribution is 9.10. The zero-order valence-corrected chi connectivity index (χ0v) is 14.2. The van der Waals surface area contributed by atoms with Gasteiger partial charge in [0.2, 0.25) is 0 Å². The number of nitro benzene ring substituents is 1. The molecule has 8 nitrogen and oxygen atoms in total. The molecular weight excluding hydrogens is 388 g/mol. The van der Waals surface area contributed by atoms with Crippen molar-refractivity contribution in [1.82, 2.24) is 15.8 Å². The fraction of sp³-hybridized carbons (Fsp3) is 0.0769. The van der Waals surface area contributed by atoms with Crippen LogP contribution in [0.4, 0.5) is 5.69 Å². The van der Waals surface area contributed by atoms with E-state index in [2.05, 4.69) is 31.8 Å². The maximum Gasteiger partial charge on any atom is 0.286 e. The van der Waals surface area contributed by atoms with Gasteiger partial charge in [-0.3, -0.25) is 30.6 Å². The van der Waals surface area contributed by atoms with E-state index in [1.54, 1.807) is 18.5 Å². The van der Waals surface area contributed by atoms with Gasteiger partial charge in [-0.2, -0.15) is 0 Å². The minimum Gasteiger partial charge on any atom is -0.356 e. The van der Waals surface area contributed by atoms with Crippen LogP contribution in [0.1, 0.15) is 20.8 Å². The summed E-state index contributed by atoms with van der Waals surface area (Å²) in [7, 11) is 0. The Labute approximate surface area is 143 Å². The van der Waals surface area contributed by atoms with Gasteiger partial charge in [0.05, 0.1) is 4.92 Å². The Hall–Kier alpha value is -2.33. The number of nitrogens with one attached hydrogen (secondary N) is 3. The molecule has 1 heterocycles. The van der Waals surface area contributed by atoms with Gasteiger partial charge in [-0.15, -0.1) is 11.8 Å². The monoisotopic (exact) mass is 398 g/mol. The van der Waals surface area contributed by atoms with Crippen LogP contribution in [0.5, 0.6) is 0 Å². The number of amides is 2. The summed E-state index contributed by atoms with van der Waals surface area (Å²) in [5.41, 5.74) is 4.12. The van der Waals surface area contributed by atoms with Crippen molar-refractivity contribution >= 4 is 45.2 Å². The number of rotatable bonds is 4. The van der Waals surface area contributed by atoms with Crippen molar-refractivity contribution in [2.75, 3.05) is 6.26 Å². The summed E-state index contributed by atoms with van der Waals surface area (Å²) in [6, 6.07) is 5.73. The van der Waals surface area contributed by atoms with E-state index >= 15 is 0 Å². The Morgan fingerprint density at radius 2 is 1.96 bits per heavy atom. The van der Waals surface area contributed by atoms with E-state index in [1.807, 2.05) is 0 Å². The largest absolute Gasteiger partial charge is 0.356 e. The predicted molar refractivity (Wildman–Crippen MR) is 88.3 cm³/mol. The van der Waals surface area contributed by atoms with Gasteiger partial charge in [0.25, 0.3) is 17.5 Å². The second kappa shape index (κ2) is 7.29. The molecule has 0 aliphatic rings. The molecule has 0 fully saturated rings. The van der Waals surface area contributed by atoms with E-state index in [0.717, 1.165) is 0 Å². The summed E-state index contributed by atoms with van der Waals surface area (Å²) >= 11 is 4.53. The molecule has 2 aromatic rings. The zero-order chi connectivity index (χ0) is 17.0. The second-order valence-corrected chi connectivity index (χ2v) is 6.08. The van der Waals surface area contributed by atoms with Crippen LogP contribution in [0.3, 0.4) is 0 Å². The fourth-order valence-corrected chi connectivity index (χ4v) is 2.51. The topological polar surface area (TPSA) is 117 Å². The molecule has 0 spiro atoms. The molecule has 1 aromatic carbocycles. The molecule has 0 atom stereocenters. The first kappa shape index (κ1) is 17.0. The lowest BCUT2D eigenvalue weighted by Crippen LogP contribution is -2.42. The van der Waals surface area contributed by atoms with Gasteiger partial charge < -0.3 is 4.98 Å². The molecule has 0 saturated heterocycles. The van der Waals surface area contributed by atoms with E-state index in [-0.39, 0.29) is 16.9 Å². The Morgan fingerprint density at radius 1 is 1.26 bits per heavy atom. The number of hydrogen-bond acceptors (Lipinski definition) is 5. The van der Waals surface area contributed by atoms with Gasteiger partial charge >= 0.3 is 0 Å². The third-order valence-electron chi connectivity index (χ3n) is 2.83. The van der Waals surface area contributed by atoms with Gasteiger partial charge in [0, 0.05) is 21.6 Å². The van der Waals surface area contributed by atoms with Crippen LogP contribution in [-0.2, 0) is 0 Å². The van der Waals surface area contributed by atoms with Crippen molar-refractivity contribution in [2.24, 2.45) is 0 Å². The number of nitro groups is 1. The lowest BCUT2D eigenvalue weighted by Gasteiger charge is -2.08. The van der Waals surface area contributed by atoms with Crippen LogP contribution in [-0.4, -0.2) is 28.0 Å². The molecule has 10 heteroatoms. The van der Waals surface area contributed by atoms with Gasteiger partial charge in [0.15, 0.2) is 0 Å². The molecule has 1 aromatic heterocycles. The van der Waals surface area contributed by atoms with Crippen molar-refractivity contribution in [2.45, 2.75) is 4.90 Å². The fourth-order valence-electron chi connectivity index (χ4n) is 1.73. The number of hydrazine groups is 1. The van der Waals surface area contributed by atoms with E-state index in [9.17, 15) is 19.7 Å². The summed E-state index contributed by atoms with van der Waals surface area (Å²) in [6.45, 7) is 0. The molecule has 2 amide bonds. The van der Waals surface area contributed by atoms with Gasteiger partial charge in [-0.25, -0.2) is 0 Å². The van der Waals surface area contributed by atoms with Crippen LogP contribution in [0, 0.1) is 10.1 Å². The molecular formula is C13H11BrN4O4S. The molecule has 0 bridgehead atoms. The zero-order valence-electron chi connectivity index (χ0n) is 11.8. The first-order valence-corrected chi connectivity index (χ1v) is 8.21. The number of thioether (sulfide) groups is 1. The molecule has 23 heavy (non-hydrogen) atoms. The molecule has 2 rings (SSSR count). The van der Waals surface area contributed by atoms with E-state index < -0.39 is 16.7 Å². The number of aromatic nitrogens is 1. The number of nitrogens with zero attached hydrogens (tertiary/aromatic N) is 1. The first-order chi connectivity index (χ1) is 10.9. The number of H-pyrrole nitrogens is 1. The first-order valence-electron chi connectivity index (χ1n) is 6.19. The highest BCUT2D eigenvalue weighted by atomic mass is 79.9. The molecule has 0 unspecified atom stereocenters. The van der Waals surface area contributed by atoms with Crippen LogP contribution in [0.2, 0.25) is 0 Å². The van der Waals surface area contributed by atoms with E-state index in [1.165, 1.54) is 30.0 Å². The Morgan fingerprint density at radius 3 is 2.52 bits per heavy atom. The van der Waals surface area contributed by atoms with Crippen LogP contribution in [0.25, 0.3) is 0 Å². The quantitative estimate of drug-likeness (QED) is 0.415. The second-order valence-electron chi connectivity index (χ2n) is 4.28. The lowest BCUT2D eigenvalue weighted by molar-refractivity contribution is -0.385. The van der Waals surface area contributed by atoms with Crippen molar-refractivity contribution in [3.8, 4) is 0 Å². The van der Waals surface area contributed by atoms with Crippen molar-refractivity contribution in [1.29, 1.82) is 0 Å². The van der Waals surface area contributed by atoms with Gasteiger partial charge in [0.1, 0.15) is 11.3 Å². The van der Waals surface area contributed by atoms with E-state index in [0.29, 0.717) is 9.37 Å². The standard InChI is InChI=1S/C13H11BrN4O4S/c1-23-8-2-3-11(18(21)22)9(5-8)12(19)16-17-13(20)10-4-7(14)6-15-10/h2-6,15H,1H3,(H,16,19)(H,17,20). The van der Waals surface area contributed by atoms with Crippen LogP contribution >= 0.6 is 27.7 Å². The maximum absolute atomic E-state index is 12.1. The Kier molecular flexibility index (Phi) is 5.40. The minimum atomic E-state index is -0.772. The van der Waals surface area contributed by atoms with Crippen molar-refractivity contribution in [3.63, 3.8) is 0 Å². The number of hydrogen-bond donors (Lipinski definition) is 3. The summed E-state index contributed by atoms with van der Waals surface area (Å²) in [6.07, 6.45) is 3.34. The number of carbonyl (C=O) groups excluding carboxylic acids is 2. The molecule has 0 radical (unpaired) electrons. The van der Waals surface area contributed by atoms with Crippen molar-refractivity contribution in [3.05, 3.63) is 56.3 Å². The summed E-state index contributed by atoms with van der Waals surface area (Å²) in [4.78, 5) is 37.7. The number of aromatic amines is 1. The van der Waals surface area contributed by atoms with Crippen LogP contribution < -0.4 is 10.9 Å². The highest BCUT2D eigenvalue weighted by Gasteiger charge is 2.21. The average Bonchev–Trinajstić information content (AvgIpc) is 2.98. The number of halogens is 1. The van der Waals surface area contributed by atoms with Gasteiger partial charge in [-0.1, -0.05) is 0 Å². The molecule has 0 aliphatic carbocycles. The predicted octanol–water partition coefficient (Wildman–Crippen LogP) is 2.48. The summed E-state index contributed by atoms with van der Waals surface area (Å²) in [5, 5.41) is 11.0. The summed E-state index contributed by atoms with van der Waals surface area (Å²) in [5.74, 6) is -1.35. The summed E-state index contributed by atoms with van der Waals surface area (Å²) < 4.78 is 0.678. The Balaban J connectivity index is 2.14. The SMILES string of the molecule is CSc1ccc([N+](=O)[O-])c(C(=O)NNC(=O)c2cc(Br)c[nH]2)c1. The minimum absolute atomic E-state index is 0.130. The Bertz CT molecular complexity index is 777. The van der Waals surface area contributed by atoms with Gasteiger partial charge in [-0.05, 0) is 40.4 Å². The smallest absolute Gasteiger partial charge is 0.286 e. The maximum atomic E-state index is 12.1. The van der Waals surface area contributed by atoms with Crippen LogP contribution in [0.15, 0.2) is 39.8 Å². The lowest BCUT2D eigenvalue weighted by atomic mass is 10.1. The molecule has 3 N–H and O–H groups in total. The highest BCUT2D eigenvalue weighted by Crippen LogP contribution is 2.24. The third-order valence-corrected chi connectivity index (χ3v) is 4.01. The molecule has 0 aliphatic heterocycles. The third kappa shape index (κ3) is 4.11. The average molecular weight is 399 g/mol. The van der Waals surface area contributed by atoms with E-state index in [4.69, 9.17) is 0 Å². The molecule has 0 saturated carbocycles. The normalized spacial score (nSPS) is 10.2. The number of benzene rings is 1. The number of carbonyl (C=O) groups is 2. The molecule has 120 valence electrons.